The average molecular weight is 292 g/mol. The Balaban J connectivity index is 0.00000289. The van der Waals surface area contributed by atoms with Gasteiger partial charge in [0.2, 0.25) is 5.91 Å². The van der Waals surface area contributed by atoms with E-state index in [0.29, 0.717) is 18.0 Å². The minimum absolute atomic E-state index is 0. The molecule has 0 aliphatic heterocycles. The van der Waals surface area contributed by atoms with Crippen molar-refractivity contribution in [2.75, 3.05) is 13.1 Å². The number of rotatable bonds is 6. The van der Waals surface area contributed by atoms with Gasteiger partial charge in [-0.3, -0.25) is 9.59 Å². The monoisotopic (exact) mass is 291 g/mol. The Kier molecular flexibility index (Phi) is 8.36. The first-order valence-electron chi connectivity index (χ1n) is 5.47. The molecule has 0 spiro atoms. The third-order valence-electron chi connectivity index (χ3n) is 2.17. The van der Waals surface area contributed by atoms with E-state index in [1.165, 1.54) is 11.3 Å². The third kappa shape index (κ3) is 5.48. The van der Waals surface area contributed by atoms with Crippen LogP contribution in [0.15, 0.2) is 17.5 Å². The molecule has 102 valence electrons. The summed E-state index contributed by atoms with van der Waals surface area (Å²) >= 11 is 1.35. The SMILES string of the molecule is CC(NC(=O)c1cccs1)C(=O)NCCCN.Cl. The number of carbonyl (C=O) groups is 2. The number of nitrogens with one attached hydrogen (secondary N) is 2. The number of amides is 2. The van der Waals surface area contributed by atoms with Crippen molar-refractivity contribution in [2.24, 2.45) is 5.73 Å². The minimum Gasteiger partial charge on any atom is -0.354 e. The fourth-order valence-electron chi connectivity index (χ4n) is 1.21. The lowest BCUT2D eigenvalue weighted by atomic mass is 10.3. The van der Waals surface area contributed by atoms with Crippen LogP contribution in [0.5, 0.6) is 0 Å². The summed E-state index contributed by atoms with van der Waals surface area (Å²) in [6.45, 7) is 2.73. The van der Waals surface area contributed by atoms with E-state index < -0.39 is 6.04 Å². The predicted molar refractivity (Wildman–Crippen MR) is 75.2 cm³/mol. The highest BCUT2D eigenvalue weighted by Gasteiger charge is 2.16. The number of nitrogens with two attached hydrogens (primary N) is 1. The van der Waals surface area contributed by atoms with Crippen molar-refractivity contribution in [3.05, 3.63) is 22.4 Å². The zero-order valence-corrected chi connectivity index (χ0v) is 11.8. The van der Waals surface area contributed by atoms with Crippen molar-refractivity contribution in [2.45, 2.75) is 19.4 Å². The van der Waals surface area contributed by atoms with Gasteiger partial charge in [-0.1, -0.05) is 6.07 Å². The molecule has 2 amide bonds. The van der Waals surface area contributed by atoms with Crippen LogP contribution in [0.4, 0.5) is 0 Å². The molecule has 1 heterocycles. The van der Waals surface area contributed by atoms with E-state index in [9.17, 15) is 9.59 Å². The lowest BCUT2D eigenvalue weighted by Gasteiger charge is -2.13. The summed E-state index contributed by atoms with van der Waals surface area (Å²) in [5.74, 6) is -0.412. The number of carbonyl (C=O) groups excluding carboxylic acids is 2. The molecule has 0 radical (unpaired) electrons. The Bertz CT molecular complexity index is 370. The largest absolute Gasteiger partial charge is 0.354 e. The standard InChI is InChI=1S/C11H17N3O2S.ClH/c1-8(10(15)13-6-3-5-12)14-11(16)9-4-2-7-17-9;/h2,4,7-8H,3,5-6,12H2,1H3,(H,13,15)(H,14,16);1H. The third-order valence-corrected chi connectivity index (χ3v) is 3.03. The molecule has 0 aromatic carbocycles. The van der Waals surface area contributed by atoms with Gasteiger partial charge in [0.25, 0.3) is 5.91 Å². The summed E-state index contributed by atoms with van der Waals surface area (Å²) in [6, 6.07) is 2.98. The van der Waals surface area contributed by atoms with Crippen LogP contribution in [0.2, 0.25) is 0 Å². The first-order valence-corrected chi connectivity index (χ1v) is 6.35. The van der Waals surface area contributed by atoms with Crippen molar-refractivity contribution in [1.82, 2.24) is 10.6 Å². The van der Waals surface area contributed by atoms with Crippen molar-refractivity contribution in [3.8, 4) is 0 Å². The van der Waals surface area contributed by atoms with Gasteiger partial charge in [-0.2, -0.15) is 0 Å². The summed E-state index contributed by atoms with van der Waals surface area (Å²) in [7, 11) is 0. The van der Waals surface area contributed by atoms with Crippen LogP contribution < -0.4 is 16.4 Å². The van der Waals surface area contributed by atoms with E-state index in [2.05, 4.69) is 10.6 Å². The fraction of sp³-hybridized carbons (Fsp3) is 0.455. The number of thiophene rings is 1. The van der Waals surface area contributed by atoms with E-state index in [-0.39, 0.29) is 24.2 Å². The van der Waals surface area contributed by atoms with Gasteiger partial charge >= 0.3 is 0 Å². The Morgan fingerprint density at radius 3 is 2.78 bits per heavy atom. The number of hydrogen-bond acceptors (Lipinski definition) is 4. The summed E-state index contributed by atoms with van der Waals surface area (Å²) in [4.78, 5) is 23.8. The van der Waals surface area contributed by atoms with Gasteiger partial charge in [0, 0.05) is 6.54 Å². The zero-order chi connectivity index (χ0) is 12.7. The van der Waals surface area contributed by atoms with Crippen LogP contribution in [0.25, 0.3) is 0 Å². The predicted octanol–water partition coefficient (Wildman–Crippen LogP) is 0.753. The first-order chi connectivity index (χ1) is 8.15. The second-order valence-corrected chi connectivity index (χ2v) is 4.55. The first kappa shape index (κ1) is 16.9. The molecule has 0 fully saturated rings. The quantitative estimate of drug-likeness (QED) is 0.676. The molecule has 7 heteroatoms. The van der Waals surface area contributed by atoms with E-state index >= 15 is 0 Å². The second-order valence-electron chi connectivity index (χ2n) is 3.61. The molecule has 1 atom stereocenters. The van der Waals surface area contributed by atoms with Crippen LogP contribution in [-0.4, -0.2) is 30.9 Å². The summed E-state index contributed by atoms with van der Waals surface area (Å²) < 4.78 is 0. The summed E-state index contributed by atoms with van der Waals surface area (Å²) in [6.07, 6.45) is 0.733. The molecule has 0 saturated carbocycles. The van der Waals surface area contributed by atoms with Crippen molar-refractivity contribution in [1.29, 1.82) is 0 Å². The molecule has 1 rings (SSSR count). The maximum Gasteiger partial charge on any atom is 0.261 e. The molecule has 0 aliphatic carbocycles. The van der Waals surface area contributed by atoms with Crippen LogP contribution in [0, 0.1) is 0 Å². The van der Waals surface area contributed by atoms with Crippen LogP contribution in [0.1, 0.15) is 23.0 Å². The Labute approximate surface area is 117 Å². The molecular weight excluding hydrogens is 274 g/mol. The van der Waals surface area contributed by atoms with Gasteiger partial charge in [-0.25, -0.2) is 0 Å². The summed E-state index contributed by atoms with van der Waals surface area (Å²) in [5, 5.41) is 7.16. The van der Waals surface area contributed by atoms with Crippen LogP contribution in [-0.2, 0) is 4.79 Å². The van der Waals surface area contributed by atoms with E-state index in [1.807, 2.05) is 5.38 Å². The smallest absolute Gasteiger partial charge is 0.261 e. The van der Waals surface area contributed by atoms with E-state index in [4.69, 9.17) is 5.73 Å². The van der Waals surface area contributed by atoms with Crippen molar-refractivity contribution < 1.29 is 9.59 Å². The molecule has 0 bridgehead atoms. The number of hydrogen-bond donors (Lipinski definition) is 3. The van der Waals surface area contributed by atoms with Crippen molar-refractivity contribution >= 4 is 35.6 Å². The molecule has 4 N–H and O–H groups in total. The molecule has 5 nitrogen and oxygen atoms in total. The molecule has 1 aromatic rings. The second kappa shape index (κ2) is 8.91. The minimum atomic E-state index is -0.539. The highest BCUT2D eigenvalue weighted by molar-refractivity contribution is 7.12. The lowest BCUT2D eigenvalue weighted by Crippen LogP contribution is -2.45. The normalized spacial score (nSPS) is 11.2. The maximum absolute atomic E-state index is 11.6. The van der Waals surface area contributed by atoms with Gasteiger partial charge in [-0.05, 0) is 31.3 Å². The lowest BCUT2D eigenvalue weighted by molar-refractivity contribution is -0.122. The van der Waals surface area contributed by atoms with Gasteiger partial charge in [0.1, 0.15) is 6.04 Å². The van der Waals surface area contributed by atoms with Gasteiger partial charge in [0.15, 0.2) is 0 Å². The molecule has 1 unspecified atom stereocenters. The van der Waals surface area contributed by atoms with E-state index in [0.717, 1.165) is 6.42 Å². The average Bonchev–Trinajstić information content (AvgIpc) is 2.82. The topological polar surface area (TPSA) is 84.2 Å². The highest BCUT2D eigenvalue weighted by Crippen LogP contribution is 2.07. The van der Waals surface area contributed by atoms with E-state index in [1.54, 1.807) is 19.1 Å². The van der Waals surface area contributed by atoms with Crippen LogP contribution >= 0.6 is 23.7 Å². The molecule has 18 heavy (non-hydrogen) atoms. The zero-order valence-electron chi connectivity index (χ0n) is 10.1. The highest BCUT2D eigenvalue weighted by atomic mass is 35.5. The van der Waals surface area contributed by atoms with Gasteiger partial charge in [-0.15, -0.1) is 23.7 Å². The Morgan fingerprint density at radius 1 is 1.50 bits per heavy atom. The Hall–Kier alpha value is -1.11. The van der Waals surface area contributed by atoms with Gasteiger partial charge in [0.05, 0.1) is 4.88 Å². The van der Waals surface area contributed by atoms with Gasteiger partial charge < -0.3 is 16.4 Å². The molecule has 0 saturated heterocycles. The van der Waals surface area contributed by atoms with Crippen molar-refractivity contribution in [3.63, 3.8) is 0 Å². The molecule has 0 aliphatic rings. The molecule has 1 aromatic heterocycles. The maximum atomic E-state index is 11.6. The Morgan fingerprint density at radius 2 is 2.22 bits per heavy atom. The van der Waals surface area contributed by atoms with Crippen LogP contribution in [0.3, 0.4) is 0 Å². The summed E-state index contributed by atoms with van der Waals surface area (Å²) in [5.41, 5.74) is 5.32. The number of halogens is 1. The fourth-order valence-corrected chi connectivity index (χ4v) is 1.83. The molecular formula is C11H18ClN3O2S.